The zero-order valence-electron chi connectivity index (χ0n) is 10.6. The number of rotatable bonds is 1. The first-order valence-corrected chi connectivity index (χ1v) is 7.16. The van der Waals surface area contributed by atoms with Crippen molar-refractivity contribution < 1.29 is 4.79 Å². The highest BCUT2D eigenvalue weighted by Crippen LogP contribution is 2.24. The van der Waals surface area contributed by atoms with Crippen LogP contribution in [0, 0.1) is 5.92 Å². The highest BCUT2D eigenvalue weighted by atomic mass is 79.9. The van der Waals surface area contributed by atoms with E-state index in [0.717, 1.165) is 24.0 Å². The smallest absolute Gasteiger partial charge is 0.255 e. The fourth-order valence-electron chi connectivity index (χ4n) is 2.18. The molecule has 1 saturated heterocycles. The summed E-state index contributed by atoms with van der Waals surface area (Å²) in [5, 5.41) is 0.618. The van der Waals surface area contributed by atoms with Gasteiger partial charge in [0.2, 0.25) is 0 Å². The van der Waals surface area contributed by atoms with Crippen LogP contribution in [-0.4, -0.2) is 29.9 Å². The lowest BCUT2D eigenvalue weighted by Crippen LogP contribution is -2.48. The van der Waals surface area contributed by atoms with Gasteiger partial charge < -0.3 is 10.6 Å². The minimum atomic E-state index is 0. The van der Waals surface area contributed by atoms with Crippen LogP contribution in [0.3, 0.4) is 0 Å². The summed E-state index contributed by atoms with van der Waals surface area (Å²) >= 11 is 9.26. The first-order valence-electron chi connectivity index (χ1n) is 5.99. The molecule has 3 nitrogen and oxygen atoms in total. The Balaban J connectivity index is 0.00000180. The topological polar surface area (TPSA) is 46.3 Å². The Kier molecular flexibility index (Phi) is 6.12. The third-order valence-corrected chi connectivity index (χ3v) is 4.31. The minimum Gasteiger partial charge on any atom is -0.338 e. The summed E-state index contributed by atoms with van der Waals surface area (Å²) in [4.78, 5) is 14.3. The van der Waals surface area contributed by atoms with Crippen LogP contribution in [0.5, 0.6) is 0 Å². The van der Waals surface area contributed by atoms with Crippen molar-refractivity contribution in [1.29, 1.82) is 0 Å². The number of hydrogen-bond acceptors (Lipinski definition) is 2. The molecule has 0 aromatic heterocycles. The van der Waals surface area contributed by atoms with Crippen molar-refractivity contribution >= 4 is 45.8 Å². The molecular weight excluding hydrogens is 351 g/mol. The third kappa shape index (κ3) is 3.85. The van der Waals surface area contributed by atoms with Crippen molar-refractivity contribution in [2.45, 2.75) is 19.4 Å². The first-order chi connectivity index (χ1) is 8.49. The van der Waals surface area contributed by atoms with Gasteiger partial charge in [-0.15, -0.1) is 12.4 Å². The van der Waals surface area contributed by atoms with Crippen molar-refractivity contribution in [3.05, 3.63) is 33.3 Å². The molecule has 1 heterocycles. The second kappa shape index (κ2) is 6.93. The molecule has 0 radical (unpaired) electrons. The van der Waals surface area contributed by atoms with E-state index in [2.05, 4.69) is 22.9 Å². The summed E-state index contributed by atoms with van der Waals surface area (Å²) < 4.78 is 0.738. The van der Waals surface area contributed by atoms with Crippen molar-refractivity contribution in [3.8, 4) is 0 Å². The number of piperidine rings is 1. The molecule has 106 valence electrons. The maximum absolute atomic E-state index is 12.4. The Morgan fingerprint density at radius 1 is 1.53 bits per heavy atom. The molecule has 0 saturated carbocycles. The molecule has 0 bridgehead atoms. The van der Waals surface area contributed by atoms with Crippen molar-refractivity contribution in [2.75, 3.05) is 13.1 Å². The van der Waals surface area contributed by atoms with Crippen molar-refractivity contribution in [3.63, 3.8) is 0 Å². The zero-order chi connectivity index (χ0) is 13.3. The van der Waals surface area contributed by atoms with E-state index >= 15 is 0 Å². The van der Waals surface area contributed by atoms with Gasteiger partial charge in [0.15, 0.2) is 0 Å². The molecule has 1 aromatic carbocycles. The van der Waals surface area contributed by atoms with Gasteiger partial charge >= 0.3 is 0 Å². The van der Waals surface area contributed by atoms with Gasteiger partial charge in [0.1, 0.15) is 0 Å². The van der Waals surface area contributed by atoms with E-state index in [1.165, 1.54) is 0 Å². The number of benzene rings is 1. The molecule has 6 heteroatoms. The molecule has 1 aliphatic rings. The monoisotopic (exact) mass is 366 g/mol. The number of amides is 1. The second-order valence-corrected chi connectivity index (χ2v) is 6.10. The van der Waals surface area contributed by atoms with Crippen LogP contribution < -0.4 is 5.73 Å². The molecule has 2 unspecified atom stereocenters. The molecule has 0 spiro atoms. The lowest BCUT2D eigenvalue weighted by Gasteiger charge is -2.35. The van der Waals surface area contributed by atoms with E-state index in [4.69, 9.17) is 17.3 Å². The molecule has 2 N–H and O–H groups in total. The molecule has 2 atom stereocenters. The van der Waals surface area contributed by atoms with Crippen LogP contribution in [-0.2, 0) is 0 Å². The van der Waals surface area contributed by atoms with Gasteiger partial charge in [0, 0.05) is 28.6 Å². The Hall–Kier alpha value is -0.290. The van der Waals surface area contributed by atoms with E-state index in [0.29, 0.717) is 16.5 Å². The van der Waals surface area contributed by atoms with Gasteiger partial charge in [-0.1, -0.05) is 18.5 Å². The average Bonchev–Trinajstić information content (AvgIpc) is 2.32. The van der Waals surface area contributed by atoms with Gasteiger partial charge in [0.05, 0.1) is 5.56 Å². The van der Waals surface area contributed by atoms with Gasteiger partial charge in [-0.05, 0) is 46.5 Å². The predicted octanol–water partition coefficient (Wildman–Crippen LogP) is 3.33. The zero-order valence-corrected chi connectivity index (χ0v) is 13.8. The summed E-state index contributed by atoms with van der Waals surface area (Å²) in [6.45, 7) is 3.52. The van der Waals surface area contributed by atoms with Gasteiger partial charge in [-0.25, -0.2) is 0 Å². The highest BCUT2D eigenvalue weighted by molar-refractivity contribution is 9.10. The lowest BCUT2D eigenvalue weighted by molar-refractivity contribution is 0.0663. The fourth-order valence-corrected chi connectivity index (χ4v) is 3.03. The Labute approximate surface area is 133 Å². The van der Waals surface area contributed by atoms with Crippen LogP contribution in [0.15, 0.2) is 22.7 Å². The number of nitrogens with zero attached hydrogens (tertiary/aromatic N) is 1. The Morgan fingerprint density at radius 2 is 2.21 bits per heavy atom. The van der Waals surface area contributed by atoms with Crippen molar-refractivity contribution in [1.82, 2.24) is 4.90 Å². The molecule has 1 aromatic rings. The third-order valence-electron chi connectivity index (χ3n) is 3.42. The van der Waals surface area contributed by atoms with Gasteiger partial charge in [-0.3, -0.25) is 4.79 Å². The molecule has 1 amide bonds. The first kappa shape index (κ1) is 16.8. The summed E-state index contributed by atoms with van der Waals surface area (Å²) in [5.41, 5.74) is 6.62. The molecule has 0 aliphatic carbocycles. The van der Waals surface area contributed by atoms with Crippen LogP contribution in [0.2, 0.25) is 5.02 Å². The molecule has 1 fully saturated rings. The van der Waals surface area contributed by atoms with Crippen LogP contribution >= 0.6 is 39.9 Å². The fraction of sp³-hybridized carbons (Fsp3) is 0.462. The Bertz CT molecular complexity index is 470. The van der Waals surface area contributed by atoms with Crippen LogP contribution in [0.25, 0.3) is 0 Å². The number of halogens is 3. The maximum atomic E-state index is 12.4. The number of nitrogens with two attached hydrogens (primary N) is 1. The average molecular weight is 368 g/mol. The second-order valence-electron chi connectivity index (χ2n) is 4.81. The molecule has 2 rings (SSSR count). The summed E-state index contributed by atoms with van der Waals surface area (Å²) in [6, 6.07) is 5.43. The lowest BCUT2D eigenvalue weighted by atomic mass is 9.94. The largest absolute Gasteiger partial charge is 0.338 e. The predicted molar refractivity (Wildman–Crippen MR) is 84.1 cm³/mol. The Morgan fingerprint density at radius 3 is 2.79 bits per heavy atom. The number of carbonyl (C=O) groups is 1. The number of hydrogen-bond donors (Lipinski definition) is 1. The van der Waals surface area contributed by atoms with E-state index in [-0.39, 0.29) is 24.4 Å². The van der Waals surface area contributed by atoms with Crippen LogP contribution in [0.4, 0.5) is 0 Å². The van der Waals surface area contributed by atoms with Crippen molar-refractivity contribution in [2.24, 2.45) is 11.7 Å². The normalized spacial score (nSPS) is 22.8. The highest BCUT2D eigenvalue weighted by Gasteiger charge is 2.27. The molecule has 1 aliphatic heterocycles. The van der Waals surface area contributed by atoms with E-state index in [1.807, 2.05) is 4.90 Å². The quantitative estimate of drug-likeness (QED) is 0.827. The van der Waals surface area contributed by atoms with E-state index in [9.17, 15) is 4.79 Å². The SMILES string of the molecule is CC1CN(C(=O)c2ccc(Cl)cc2Br)CCC1N.Cl. The maximum Gasteiger partial charge on any atom is 0.255 e. The molecule has 19 heavy (non-hydrogen) atoms. The minimum absolute atomic E-state index is 0. The van der Waals surface area contributed by atoms with Gasteiger partial charge in [-0.2, -0.15) is 0 Å². The molecular formula is C13H17BrCl2N2O. The summed E-state index contributed by atoms with van der Waals surface area (Å²) in [7, 11) is 0. The van der Waals surface area contributed by atoms with E-state index in [1.54, 1.807) is 18.2 Å². The van der Waals surface area contributed by atoms with Gasteiger partial charge in [0.25, 0.3) is 5.91 Å². The standard InChI is InChI=1S/C13H16BrClN2O.ClH/c1-8-7-17(5-4-12(8)16)13(18)10-3-2-9(15)6-11(10)14;/h2-3,6,8,12H,4-5,7,16H2,1H3;1H. The summed E-state index contributed by atoms with van der Waals surface area (Å²) in [5.74, 6) is 0.381. The summed E-state index contributed by atoms with van der Waals surface area (Å²) in [6.07, 6.45) is 0.859. The number of likely N-dealkylation sites (tertiary alicyclic amines) is 1. The van der Waals surface area contributed by atoms with E-state index < -0.39 is 0 Å². The van der Waals surface area contributed by atoms with Crippen LogP contribution in [0.1, 0.15) is 23.7 Å². The number of carbonyl (C=O) groups excluding carboxylic acids is 1.